The third-order valence-electron chi connectivity index (χ3n) is 5.52. The van der Waals surface area contributed by atoms with Gasteiger partial charge in [-0.2, -0.15) is 0 Å². The predicted molar refractivity (Wildman–Crippen MR) is 140 cm³/mol. The second kappa shape index (κ2) is 9.38. The predicted octanol–water partition coefficient (Wildman–Crippen LogP) is 6.95. The van der Waals surface area contributed by atoms with Gasteiger partial charge in [-0.05, 0) is 60.7 Å². The maximum atomic E-state index is 14.4. The first-order chi connectivity index (χ1) is 17.2. The van der Waals surface area contributed by atoms with Crippen molar-refractivity contribution in [2.24, 2.45) is 0 Å². The molecule has 0 bridgehead atoms. The number of fused-ring (bicyclic) bond motifs is 2. The molecule has 180 valence electrons. The van der Waals surface area contributed by atoms with Crippen molar-refractivity contribution in [1.29, 1.82) is 0 Å². The first kappa shape index (κ1) is 24.5. The topological polar surface area (TPSA) is 86.7 Å². The van der Waals surface area contributed by atoms with Crippen LogP contribution in [0.3, 0.4) is 0 Å². The van der Waals surface area contributed by atoms with Crippen LogP contribution in [0.5, 0.6) is 11.5 Å². The van der Waals surface area contributed by atoms with Gasteiger partial charge >= 0.3 is 14.7 Å². The minimum Gasteiger partial charge on any atom is -0.434 e. The Morgan fingerprint density at radius 3 is 1.25 bits per heavy atom. The highest BCUT2D eigenvalue weighted by molar-refractivity contribution is 7.84. The van der Waals surface area contributed by atoms with Crippen LogP contribution in [0.25, 0.3) is 0 Å². The number of hydrogen-bond acceptors (Lipinski definition) is 6. The van der Waals surface area contributed by atoms with Gasteiger partial charge in [0.05, 0.1) is 21.7 Å². The lowest BCUT2D eigenvalue weighted by molar-refractivity contribution is 0.104. The third kappa shape index (κ3) is 4.21. The summed E-state index contributed by atoms with van der Waals surface area (Å²) >= 11 is 12.3. The van der Waals surface area contributed by atoms with Gasteiger partial charge in [0.15, 0.2) is 0 Å². The standard InChI is InChI=1S/C26H16Cl2O6P2/c27-17-12-14-24-21(15-17)25(29)35(31,19-7-3-1-4-8-19)33-23-13-11-18(28)16-22(23)26(30)36(32,34-24)20-9-5-2-6-10-20/h1-16H. The molecule has 0 fully saturated rings. The summed E-state index contributed by atoms with van der Waals surface area (Å²) in [7, 11) is -8.76. The van der Waals surface area contributed by atoms with Gasteiger partial charge in [-0.15, -0.1) is 0 Å². The van der Waals surface area contributed by atoms with Gasteiger partial charge in [0.2, 0.25) is 0 Å². The lowest BCUT2D eigenvalue weighted by atomic mass is 10.2. The summed E-state index contributed by atoms with van der Waals surface area (Å²) in [5.41, 5.74) is -2.31. The van der Waals surface area contributed by atoms with E-state index in [2.05, 4.69) is 0 Å². The molecule has 1 aliphatic heterocycles. The third-order valence-corrected chi connectivity index (χ3v) is 10.4. The number of halogens is 2. The molecule has 0 radical (unpaired) electrons. The zero-order valence-electron chi connectivity index (χ0n) is 18.3. The summed E-state index contributed by atoms with van der Waals surface area (Å²) in [6.45, 7) is 0. The number of hydrogen-bond donors (Lipinski definition) is 0. The molecule has 4 aromatic carbocycles. The largest absolute Gasteiger partial charge is 0.434 e. The van der Waals surface area contributed by atoms with Gasteiger partial charge < -0.3 is 9.05 Å². The second-order valence-corrected chi connectivity index (χ2v) is 13.1. The molecule has 4 aromatic rings. The molecule has 10 heteroatoms. The molecule has 1 heterocycles. The van der Waals surface area contributed by atoms with E-state index in [0.29, 0.717) is 0 Å². The summed E-state index contributed by atoms with van der Waals surface area (Å²) in [5, 5.41) is 0.494. The van der Waals surface area contributed by atoms with E-state index in [1.54, 1.807) is 36.4 Å². The normalized spacial score (nSPS) is 21.5. The first-order valence-electron chi connectivity index (χ1n) is 10.6. The Balaban J connectivity index is 1.84. The Hall–Kier alpha value is -3.14. The summed E-state index contributed by atoms with van der Waals surface area (Å²) in [6, 6.07) is 23.7. The molecule has 0 spiro atoms. The van der Waals surface area contributed by atoms with E-state index < -0.39 is 25.8 Å². The fraction of sp³-hybridized carbons (Fsp3) is 0. The fourth-order valence-corrected chi connectivity index (χ4v) is 7.94. The highest BCUT2D eigenvalue weighted by Crippen LogP contribution is 2.57. The molecule has 1 aliphatic rings. The Bertz CT molecular complexity index is 1480. The number of rotatable bonds is 2. The SMILES string of the molecule is O=C1c2cc(Cl)ccc2OP(=O)(c2ccccc2)C(=O)c2cc(Cl)ccc2OP1(=O)c1ccccc1. The Kier molecular flexibility index (Phi) is 6.40. The van der Waals surface area contributed by atoms with E-state index in [1.807, 2.05) is 0 Å². The number of carbonyl (C=O) groups excluding carboxylic acids is 2. The maximum Gasteiger partial charge on any atom is 0.346 e. The van der Waals surface area contributed by atoms with Crippen molar-refractivity contribution in [2.75, 3.05) is 0 Å². The van der Waals surface area contributed by atoms with Gasteiger partial charge in [0, 0.05) is 10.0 Å². The molecule has 0 amide bonds. The van der Waals surface area contributed by atoms with Crippen molar-refractivity contribution < 1.29 is 27.8 Å². The second-order valence-electron chi connectivity index (χ2n) is 7.85. The minimum absolute atomic E-state index is 0.0982. The molecular weight excluding hydrogens is 541 g/mol. The van der Waals surface area contributed by atoms with Gasteiger partial charge in [-0.1, -0.05) is 59.6 Å². The number of carbonyl (C=O) groups is 2. The van der Waals surface area contributed by atoms with E-state index in [1.165, 1.54) is 60.7 Å². The monoisotopic (exact) mass is 556 g/mol. The summed E-state index contributed by atoms with van der Waals surface area (Å²) in [4.78, 5) is 27.8. The van der Waals surface area contributed by atoms with Gasteiger partial charge in [0.1, 0.15) is 11.5 Å². The van der Waals surface area contributed by atoms with Crippen molar-refractivity contribution in [3.63, 3.8) is 0 Å². The molecule has 2 atom stereocenters. The van der Waals surface area contributed by atoms with E-state index in [0.717, 1.165) is 0 Å². The molecule has 6 nitrogen and oxygen atoms in total. The Morgan fingerprint density at radius 2 is 0.889 bits per heavy atom. The molecular formula is C26H16Cl2O6P2. The van der Waals surface area contributed by atoms with Crippen LogP contribution in [0.15, 0.2) is 97.1 Å². The highest BCUT2D eigenvalue weighted by Gasteiger charge is 2.46. The summed E-state index contributed by atoms with van der Waals surface area (Å²) in [6.07, 6.45) is 0. The van der Waals surface area contributed by atoms with E-state index in [-0.39, 0.29) is 43.3 Å². The van der Waals surface area contributed by atoms with Gasteiger partial charge in [0.25, 0.3) is 11.0 Å². The average molecular weight is 557 g/mol. The Labute approximate surface area is 216 Å². The quantitative estimate of drug-likeness (QED) is 0.248. The zero-order valence-corrected chi connectivity index (χ0v) is 21.6. The van der Waals surface area contributed by atoms with Crippen LogP contribution in [0.1, 0.15) is 20.7 Å². The van der Waals surface area contributed by atoms with Crippen LogP contribution in [0, 0.1) is 0 Å². The molecule has 0 N–H and O–H groups in total. The maximum absolute atomic E-state index is 14.4. The van der Waals surface area contributed by atoms with Gasteiger partial charge in [-0.3, -0.25) is 18.7 Å². The molecule has 2 unspecified atom stereocenters. The van der Waals surface area contributed by atoms with Gasteiger partial charge in [-0.25, -0.2) is 0 Å². The van der Waals surface area contributed by atoms with Crippen LogP contribution >= 0.6 is 37.9 Å². The van der Waals surface area contributed by atoms with Crippen molar-refractivity contribution >= 4 is 59.6 Å². The minimum atomic E-state index is -4.38. The zero-order chi connectivity index (χ0) is 25.5. The van der Waals surface area contributed by atoms with Crippen LogP contribution in [0.2, 0.25) is 10.0 Å². The van der Waals surface area contributed by atoms with Crippen LogP contribution in [-0.4, -0.2) is 11.0 Å². The van der Waals surface area contributed by atoms with E-state index in [4.69, 9.17) is 32.2 Å². The molecule has 0 aromatic heterocycles. The number of benzene rings is 4. The fourth-order valence-electron chi connectivity index (χ4n) is 3.76. The van der Waals surface area contributed by atoms with Crippen LogP contribution in [-0.2, 0) is 9.13 Å². The average Bonchev–Trinajstić information content (AvgIpc) is 2.90. The van der Waals surface area contributed by atoms with E-state index >= 15 is 0 Å². The van der Waals surface area contributed by atoms with Crippen LogP contribution < -0.4 is 19.7 Å². The van der Waals surface area contributed by atoms with Crippen LogP contribution in [0.4, 0.5) is 0 Å². The summed E-state index contributed by atoms with van der Waals surface area (Å²) < 4.78 is 40.6. The lowest BCUT2D eigenvalue weighted by Crippen LogP contribution is -2.23. The Morgan fingerprint density at radius 1 is 0.528 bits per heavy atom. The molecule has 0 saturated carbocycles. The summed E-state index contributed by atoms with van der Waals surface area (Å²) in [5.74, 6) is -0.426. The molecule has 5 rings (SSSR count). The smallest absolute Gasteiger partial charge is 0.346 e. The lowest BCUT2D eigenvalue weighted by Gasteiger charge is -2.26. The van der Waals surface area contributed by atoms with Crippen molar-refractivity contribution in [1.82, 2.24) is 0 Å². The molecule has 36 heavy (non-hydrogen) atoms. The van der Waals surface area contributed by atoms with E-state index in [9.17, 15) is 18.7 Å². The molecule has 0 saturated heterocycles. The first-order valence-corrected chi connectivity index (χ1v) is 14.6. The highest BCUT2D eigenvalue weighted by atomic mass is 35.5. The van der Waals surface area contributed by atoms with Crippen molar-refractivity contribution in [3.8, 4) is 11.5 Å². The van der Waals surface area contributed by atoms with Crippen molar-refractivity contribution in [3.05, 3.63) is 118 Å². The van der Waals surface area contributed by atoms with Crippen molar-refractivity contribution in [2.45, 2.75) is 0 Å². The molecule has 0 aliphatic carbocycles.